The predicted octanol–water partition coefficient (Wildman–Crippen LogP) is 14.1. The summed E-state index contributed by atoms with van der Waals surface area (Å²) < 4.78 is 42.7. The second-order valence-corrected chi connectivity index (χ2v) is 13.3. The molecule has 0 fully saturated rings. The zero-order chi connectivity index (χ0) is 35.9. The molecule has 53 heavy (non-hydrogen) atoms. The molecule has 0 saturated carbocycles. The Kier molecular flexibility index (Phi) is 8.01. The van der Waals surface area contributed by atoms with E-state index < -0.39 is 11.7 Å². The van der Waals surface area contributed by atoms with E-state index in [-0.39, 0.29) is 0 Å². The fraction of sp³-hybridized carbons (Fsp3) is 0.0204. The lowest BCUT2D eigenvalue weighted by molar-refractivity contribution is -0.137. The van der Waals surface area contributed by atoms with E-state index in [0.717, 1.165) is 61.4 Å². The zero-order valence-electron chi connectivity index (χ0n) is 28.6. The highest BCUT2D eigenvalue weighted by Crippen LogP contribution is 2.39. The van der Waals surface area contributed by atoms with Crippen molar-refractivity contribution in [2.45, 2.75) is 6.18 Å². The van der Waals surface area contributed by atoms with Gasteiger partial charge in [0, 0.05) is 16.5 Å². The van der Waals surface area contributed by atoms with Crippen LogP contribution in [0.2, 0.25) is 0 Å². The maximum Gasteiger partial charge on any atom is 0.416 e. The van der Waals surface area contributed by atoms with E-state index in [1.54, 1.807) is 6.07 Å². The van der Waals surface area contributed by atoms with Crippen molar-refractivity contribution in [3.63, 3.8) is 0 Å². The molecule has 9 aromatic rings. The standard InChI is InChI=1S/C49H32F3N/c50-49(51,52)43-13-7-12-40(30-43)39-22-26-44(27-23-39)53-47-28-24-41(37-18-14-35(15-19-37)33-8-3-1-4-9-33)31-45(47)46-32-42(25-29-48(46)53)38-20-16-36(17-21-38)34-10-5-2-6-11-34/h1-32H. The van der Waals surface area contributed by atoms with Crippen molar-refractivity contribution in [2.75, 3.05) is 0 Å². The van der Waals surface area contributed by atoms with Gasteiger partial charge in [0.2, 0.25) is 0 Å². The maximum absolute atomic E-state index is 13.5. The van der Waals surface area contributed by atoms with Crippen LogP contribution in [0.25, 0.3) is 83.1 Å². The molecule has 0 radical (unpaired) electrons. The lowest BCUT2D eigenvalue weighted by Crippen LogP contribution is -2.04. The molecular weight excluding hydrogens is 660 g/mol. The van der Waals surface area contributed by atoms with Gasteiger partial charge in [0.15, 0.2) is 0 Å². The highest BCUT2D eigenvalue weighted by Gasteiger charge is 2.30. The van der Waals surface area contributed by atoms with Gasteiger partial charge in [-0.05, 0) is 104 Å². The first-order chi connectivity index (χ1) is 25.9. The molecule has 0 N–H and O–H groups in total. The summed E-state index contributed by atoms with van der Waals surface area (Å²) in [6.45, 7) is 0. The third-order valence-electron chi connectivity index (χ3n) is 10.1. The zero-order valence-corrected chi connectivity index (χ0v) is 28.6. The molecule has 254 valence electrons. The Bertz CT molecular complexity index is 2570. The summed E-state index contributed by atoms with van der Waals surface area (Å²) in [6.07, 6.45) is -4.40. The van der Waals surface area contributed by atoms with E-state index in [2.05, 4.69) is 138 Å². The molecule has 0 bridgehead atoms. The van der Waals surface area contributed by atoms with Crippen LogP contribution in [0.3, 0.4) is 0 Å². The summed E-state index contributed by atoms with van der Waals surface area (Å²) >= 11 is 0. The molecule has 9 rings (SSSR count). The average Bonchev–Trinajstić information content (AvgIpc) is 3.54. The average molecular weight is 692 g/mol. The smallest absolute Gasteiger partial charge is 0.309 e. The van der Waals surface area contributed by atoms with E-state index in [9.17, 15) is 13.2 Å². The van der Waals surface area contributed by atoms with E-state index in [0.29, 0.717) is 5.56 Å². The van der Waals surface area contributed by atoms with Gasteiger partial charge in [-0.25, -0.2) is 0 Å². The molecule has 1 nitrogen and oxygen atoms in total. The first-order valence-corrected chi connectivity index (χ1v) is 17.6. The second kappa shape index (κ2) is 13.2. The predicted molar refractivity (Wildman–Crippen MR) is 213 cm³/mol. The minimum absolute atomic E-state index is 0.527. The Morgan fingerprint density at radius 1 is 0.302 bits per heavy atom. The summed E-state index contributed by atoms with van der Waals surface area (Å²) in [5.74, 6) is 0. The van der Waals surface area contributed by atoms with Gasteiger partial charge >= 0.3 is 6.18 Å². The molecule has 4 heteroatoms. The van der Waals surface area contributed by atoms with Crippen LogP contribution in [0.5, 0.6) is 0 Å². The molecule has 0 spiro atoms. The Morgan fingerprint density at radius 3 is 1.08 bits per heavy atom. The van der Waals surface area contributed by atoms with Gasteiger partial charge in [0.05, 0.1) is 16.6 Å². The van der Waals surface area contributed by atoms with Crippen LogP contribution < -0.4 is 0 Å². The Labute approximate surface area is 305 Å². The maximum atomic E-state index is 13.5. The van der Waals surface area contributed by atoms with Gasteiger partial charge in [-0.1, -0.05) is 146 Å². The lowest BCUT2D eigenvalue weighted by Gasteiger charge is -2.12. The largest absolute Gasteiger partial charge is 0.416 e. The van der Waals surface area contributed by atoms with Gasteiger partial charge in [-0.15, -0.1) is 0 Å². The van der Waals surface area contributed by atoms with Gasteiger partial charge in [-0.2, -0.15) is 13.2 Å². The van der Waals surface area contributed by atoms with Crippen LogP contribution in [0.4, 0.5) is 13.2 Å². The molecular formula is C49H32F3N. The summed E-state index contributed by atoms with van der Waals surface area (Å²) in [5.41, 5.74) is 12.8. The van der Waals surface area contributed by atoms with Crippen molar-refractivity contribution in [1.29, 1.82) is 0 Å². The summed E-state index contributed by atoms with van der Waals surface area (Å²) in [5, 5.41) is 2.24. The number of aromatic nitrogens is 1. The molecule has 8 aromatic carbocycles. The highest BCUT2D eigenvalue weighted by atomic mass is 19.4. The van der Waals surface area contributed by atoms with Crippen molar-refractivity contribution in [1.82, 2.24) is 4.57 Å². The lowest BCUT2D eigenvalue weighted by atomic mass is 9.97. The summed E-state index contributed by atoms with van der Waals surface area (Å²) in [4.78, 5) is 0. The van der Waals surface area contributed by atoms with Gasteiger partial charge in [0.25, 0.3) is 0 Å². The highest BCUT2D eigenvalue weighted by molar-refractivity contribution is 6.11. The fourth-order valence-electron chi connectivity index (χ4n) is 7.31. The Balaban J connectivity index is 1.15. The fourth-order valence-corrected chi connectivity index (χ4v) is 7.31. The quantitative estimate of drug-likeness (QED) is 0.164. The monoisotopic (exact) mass is 691 g/mol. The van der Waals surface area contributed by atoms with E-state index in [1.807, 2.05) is 36.4 Å². The molecule has 0 saturated heterocycles. The first kappa shape index (κ1) is 32.3. The molecule has 1 heterocycles. The number of alkyl halides is 3. The van der Waals surface area contributed by atoms with Crippen molar-refractivity contribution in [3.05, 3.63) is 200 Å². The van der Waals surface area contributed by atoms with Crippen LogP contribution in [0.15, 0.2) is 194 Å². The number of rotatable bonds is 6. The molecule has 0 aliphatic carbocycles. The van der Waals surface area contributed by atoms with Crippen molar-refractivity contribution < 1.29 is 13.2 Å². The van der Waals surface area contributed by atoms with Gasteiger partial charge in [-0.3, -0.25) is 0 Å². The van der Waals surface area contributed by atoms with Crippen LogP contribution in [-0.2, 0) is 6.18 Å². The van der Waals surface area contributed by atoms with Crippen molar-refractivity contribution >= 4 is 21.8 Å². The normalized spacial score (nSPS) is 11.7. The molecule has 0 amide bonds. The van der Waals surface area contributed by atoms with Crippen LogP contribution in [-0.4, -0.2) is 4.57 Å². The van der Waals surface area contributed by atoms with Crippen LogP contribution >= 0.6 is 0 Å². The van der Waals surface area contributed by atoms with E-state index in [1.165, 1.54) is 34.4 Å². The first-order valence-electron chi connectivity index (χ1n) is 17.6. The van der Waals surface area contributed by atoms with Gasteiger partial charge < -0.3 is 4.57 Å². The number of benzene rings is 8. The summed E-state index contributed by atoms with van der Waals surface area (Å²) in [7, 11) is 0. The molecule has 0 atom stereocenters. The Morgan fingerprint density at radius 2 is 0.642 bits per heavy atom. The van der Waals surface area contributed by atoms with Crippen molar-refractivity contribution in [2.24, 2.45) is 0 Å². The van der Waals surface area contributed by atoms with E-state index >= 15 is 0 Å². The number of nitrogens with zero attached hydrogens (tertiary/aromatic N) is 1. The molecule has 1 aromatic heterocycles. The Hall–Kier alpha value is -6.65. The number of hydrogen-bond acceptors (Lipinski definition) is 0. The van der Waals surface area contributed by atoms with E-state index in [4.69, 9.17) is 0 Å². The number of hydrogen-bond donors (Lipinski definition) is 0. The molecule has 0 aliphatic rings. The summed E-state index contributed by atoms with van der Waals surface area (Å²) in [6, 6.07) is 64.6. The third kappa shape index (κ3) is 6.19. The number of fused-ring (bicyclic) bond motifs is 3. The van der Waals surface area contributed by atoms with Gasteiger partial charge in [0.1, 0.15) is 0 Å². The second-order valence-electron chi connectivity index (χ2n) is 13.3. The molecule has 0 aliphatic heterocycles. The minimum atomic E-state index is -4.40. The van der Waals surface area contributed by atoms with Crippen LogP contribution in [0.1, 0.15) is 5.56 Å². The number of halogens is 3. The van der Waals surface area contributed by atoms with Crippen LogP contribution in [0, 0.1) is 0 Å². The SMILES string of the molecule is FC(F)(F)c1cccc(-c2ccc(-n3c4ccc(-c5ccc(-c6ccccc6)cc5)cc4c4cc(-c5ccc(-c6ccccc6)cc5)ccc43)cc2)c1. The third-order valence-corrected chi connectivity index (χ3v) is 10.1. The minimum Gasteiger partial charge on any atom is -0.309 e. The van der Waals surface area contributed by atoms with Crippen molar-refractivity contribution in [3.8, 4) is 61.3 Å². The molecule has 0 unspecified atom stereocenters. The topological polar surface area (TPSA) is 4.93 Å².